The van der Waals surface area contributed by atoms with E-state index in [2.05, 4.69) is 127 Å². The molecule has 0 saturated carbocycles. The molecule has 0 spiro atoms. The molecule has 66 heavy (non-hydrogen) atoms. The van der Waals surface area contributed by atoms with Crippen LogP contribution in [0.15, 0.2) is 182 Å². The van der Waals surface area contributed by atoms with Gasteiger partial charge in [-0.25, -0.2) is 0 Å². The van der Waals surface area contributed by atoms with Crippen LogP contribution in [0.25, 0.3) is 130 Å². The van der Waals surface area contributed by atoms with Crippen LogP contribution in [-0.2, 0) is 0 Å². The number of hydrogen-bond acceptors (Lipinski definition) is 3. The van der Waals surface area contributed by atoms with Gasteiger partial charge in [-0.15, -0.1) is 0 Å². The van der Waals surface area contributed by atoms with E-state index in [1.165, 1.54) is 64.6 Å². The molecule has 0 saturated heterocycles. The highest BCUT2D eigenvalue weighted by atomic mass is 16.1. The van der Waals surface area contributed by atoms with E-state index in [0.717, 1.165) is 65.7 Å². The molecule has 0 bridgehead atoms. The predicted molar refractivity (Wildman–Crippen MR) is 271 cm³/mol. The molecule has 13 aromatic carbocycles. The van der Waals surface area contributed by atoms with Gasteiger partial charge < -0.3 is 0 Å². The number of benzene rings is 13. The first-order valence-electron chi connectivity index (χ1n) is 22.5. The Balaban J connectivity index is 0.886. The summed E-state index contributed by atoms with van der Waals surface area (Å²) in [5.74, 6) is -0.741. The molecule has 0 radical (unpaired) electrons. The first-order valence-corrected chi connectivity index (χ1v) is 22.5. The second-order valence-electron chi connectivity index (χ2n) is 18.6. The molecule has 0 aliphatic heterocycles. The van der Waals surface area contributed by atoms with Gasteiger partial charge in [0.1, 0.15) is 0 Å². The monoisotopic (exact) mass is 834 g/mol. The maximum absolute atomic E-state index is 15.2. The molecule has 3 nitrogen and oxygen atoms in total. The maximum atomic E-state index is 15.2. The highest BCUT2D eigenvalue weighted by Gasteiger charge is 2.28. The Morgan fingerprint density at radius 2 is 0.424 bits per heavy atom. The summed E-state index contributed by atoms with van der Waals surface area (Å²) in [7, 11) is 0. The van der Waals surface area contributed by atoms with Crippen LogP contribution in [0.1, 0.15) is 47.8 Å². The number of carbonyl (C=O) groups excluding carboxylic acids is 3. The van der Waals surface area contributed by atoms with Crippen molar-refractivity contribution < 1.29 is 14.4 Å². The number of hydrogen-bond donors (Lipinski definition) is 0. The van der Waals surface area contributed by atoms with E-state index in [1.54, 1.807) is 18.2 Å². The molecule has 0 unspecified atom stereocenters. The highest BCUT2D eigenvalue weighted by molar-refractivity contribution is 6.36. The quantitative estimate of drug-likeness (QED) is 0.124. The summed E-state index contributed by atoms with van der Waals surface area (Å²) in [5, 5.41) is 20.7. The number of ketones is 3. The van der Waals surface area contributed by atoms with Gasteiger partial charge in [-0.1, -0.05) is 127 Å². The minimum Gasteiger partial charge on any atom is -0.289 e. The van der Waals surface area contributed by atoms with E-state index < -0.39 is 0 Å². The van der Waals surface area contributed by atoms with E-state index in [0.29, 0.717) is 33.4 Å². The van der Waals surface area contributed by atoms with Gasteiger partial charge in [0.25, 0.3) is 0 Å². The van der Waals surface area contributed by atoms with E-state index in [4.69, 9.17) is 0 Å². The fourth-order valence-corrected chi connectivity index (χ4v) is 12.4. The molecule has 3 aliphatic rings. The maximum Gasteiger partial charge on any atom is 0.193 e. The van der Waals surface area contributed by atoms with Gasteiger partial charge in [0, 0.05) is 33.4 Å². The van der Waals surface area contributed by atoms with Gasteiger partial charge in [-0.05, 0) is 185 Å². The van der Waals surface area contributed by atoms with Gasteiger partial charge in [-0.3, -0.25) is 14.4 Å². The van der Waals surface area contributed by atoms with Crippen LogP contribution < -0.4 is 0 Å². The molecule has 0 amide bonds. The third kappa shape index (κ3) is 4.26. The standard InChI is InChI=1S/C63H30O3/c64-61(43-22-37-19-16-34-13-10-31-4-1-7-46-49(28-43)55(37)58(34)52(31)46)40-25-41(62(65)44-23-38-20-17-35-14-11-32-5-2-8-47-50(29-44)56(38)59(35)53(32)47)27-42(26-40)63(66)45-24-39-21-18-36-15-12-33-6-3-9-48-51(30-45)57(39)60(36)54(33)48/h1-30H. The molecule has 13 aromatic rings. The summed E-state index contributed by atoms with van der Waals surface area (Å²) in [6, 6.07) is 61.7. The summed E-state index contributed by atoms with van der Waals surface area (Å²) >= 11 is 0. The third-order valence-corrected chi connectivity index (χ3v) is 15.2. The van der Waals surface area contributed by atoms with E-state index in [1.807, 2.05) is 36.4 Å². The minimum atomic E-state index is -0.247. The summed E-state index contributed by atoms with van der Waals surface area (Å²) in [6.45, 7) is 0. The van der Waals surface area contributed by atoms with Gasteiger partial charge in [0.05, 0.1) is 0 Å². The lowest BCUT2D eigenvalue weighted by molar-refractivity contribution is 0.103. The molecule has 0 N–H and O–H groups in total. The Morgan fingerprint density at radius 3 is 0.712 bits per heavy atom. The zero-order valence-electron chi connectivity index (χ0n) is 35.0. The molecule has 0 atom stereocenters. The number of rotatable bonds is 6. The summed E-state index contributed by atoms with van der Waals surface area (Å²) < 4.78 is 0. The molecule has 0 fully saturated rings. The Morgan fingerprint density at radius 1 is 0.197 bits per heavy atom. The average molecular weight is 835 g/mol. The van der Waals surface area contributed by atoms with Crippen LogP contribution >= 0.6 is 0 Å². The smallest absolute Gasteiger partial charge is 0.193 e. The first-order chi connectivity index (χ1) is 32.4. The van der Waals surface area contributed by atoms with Crippen LogP contribution in [0.3, 0.4) is 0 Å². The second-order valence-corrected chi connectivity index (χ2v) is 18.6. The van der Waals surface area contributed by atoms with E-state index in [-0.39, 0.29) is 17.3 Å². The fraction of sp³-hybridized carbons (Fsp3) is 0. The van der Waals surface area contributed by atoms with Crippen LogP contribution in [0.4, 0.5) is 0 Å². The lowest BCUT2D eigenvalue weighted by atomic mass is 9.89. The summed E-state index contributed by atoms with van der Waals surface area (Å²) in [5.41, 5.74) is 8.79. The first kappa shape index (κ1) is 34.7. The SMILES string of the molecule is O=C(c1cc(C(=O)c2cc3c4c(ccc5ccc6cccc-3c6c54)c2)cc(C(=O)c2cc3c4c(ccc5ccc6cccc-3c6c54)c2)c1)c1cc2c3c(ccc4ccc5cccc-2c5c43)c1. The largest absolute Gasteiger partial charge is 0.289 e. The van der Waals surface area contributed by atoms with E-state index in [9.17, 15) is 0 Å². The van der Waals surface area contributed by atoms with Gasteiger partial charge in [0.15, 0.2) is 17.3 Å². The van der Waals surface area contributed by atoms with Crippen LogP contribution in [-0.4, -0.2) is 17.3 Å². The van der Waals surface area contributed by atoms with Crippen LogP contribution in [0, 0.1) is 0 Å². The van der Waals surface area contributed by atoms with Crippen molar-refractivity contribution >= 4 is 114 Å². The van der Waals surface area contributed by atoms with Gasteiger partial charge >= 0.3 is 0 Å². The third-order valence-electron chi connectivity index (χ3n) is 15.2. The number of fused-ring (bicyclic) bond motifs is 3. The summed E-state index contributed by atoms with van der Waals surface area (Å²) in [4.78, 5) is 45.6. The highest BCUT2D eigenvalue weighted by Crippen LogP contribution is 2.51. The van der Waals surface area contributed by atoms with Crippen LogP contribution in [0.2, 0.25) is 0 Å². The van der Waals surface area contributed by atoms with Crippen molar-refractivity contribution in [2.45, 2.75) is 0 Å². The van der Waals surface area contributed by atoms with Crippen molar-refractivity contribution in [3.63, 3.8) is 0 Å². The van der Waals surface area contributed by atoms with E-state index >= 15 is 14.4 Å². The Bertz CT molecular complexity index is 4150. The predicted octanol–water partition coefficient (Wildman–Crippen LogP) is 15.7. The van der Waals surface area contributed by atoms with Crippen molar-refractivity contribution in [2.24, 2.45) is 0 Å². The number of carbonyl (C=O) groups is 3. The molecule has 16 rings (SSSR count). The van der Waals surface area contributed by atoms with Crippen molar-refractivity contribution in [2.75, 3.05) is 0 Å². The molecule has 0 heterocycles. The van der Waals surface area contributed by atoms with Crippen molar-refractivity contribution in [3.05, 3.63) is 215 Å². The average Bonchev–Trinajstić information content (AvgIpc) is 4.02. The molecule has 0 aromatic heterocycles. The topological polar surface area (TPSA) is 51.2 Å². The van der Waals surface area contributed by atoms with Crippen LogP contribution in [0.5, 0.6) is 0 Å². The van der Waals surface area contributed by atoms with Crippen molar-refractivity contribution in [1.29, 1.82) is 0 Å². The lowest BCUT2D eigenvalue weighted by Gasteiger charge is -2.13. The molecular formula is C63H30O3. The van der Waals surface area contributed by atoms with Gasteiger partial charge in [-0.2, -0.15) is 0 Å². The zero-order valence-corrected chi connectivity index (χ0v) is 35.0. The van der Waals surface area contributed by atoms with Crippen molar-refractivity contribution in [3.8, 4) is 33.4 Å². The Labute approximate surface area is 375 Å². The summed E-state index contributed by atoms with van der Waals surface area (Å²) in [6.07, 6.45) is 0. The Hall–Kier alpha value is -8.79. The lowest BCUT2D eigenvalue weighted by Crippen LogP contribution is -2.11. The normalized spacial score (nSPS) is 12.7. The molecule has 300 valence electrons. The van der Waals surface area contributed by atoms with Gasteiger partial charge in [0.2, 0.25) is 0 Å². The zero-order chi connectivity index (χ0) is 43.3. The second kappa shape index (κ2) is 11.9. The fourth-order valence-electron chi connectivity index (χ4n) is 12.4. The molecule has 3 aliphatic carbocycles. The molecule has 3 heteroatoms. The Kier molecular flexibility index (Phi) is 6.23. The van der Waals surface area contributed by atoms with Crippen molar-refractivity contribution in [1.82, 2.24) is 0 Å². The minimum absolute atomic E-state index is 0.247. The molecular weight excluding hydrogens is 805 g/mol.